The van der Waals surface area contributed by atoms with Crippen LogP contribution in [-0.2, 0) is 17.1 Å². The Kier molecular flexibility index (Phi) is 4.29. The molecule has 1 aromatic carbocycles. The number of benzene rings is 1. The highest BCUT2D eigenvalue weighted by atomic mass is 127. The van der Waals surface area contributed by atoms with Crippen molar-refractivity contribution in [1.82, 2.24) is 9.78 Å². The SMILES string of the molecule is Cn1ncc(Cl)c1S(=O)(=O)Nc1ccc(Cl)cc1I. The fraction of sp³-hybridized carbons (Fsp3) is 0.100. The second kappa shape index (κ2) is 5.47. The minimum absolute atomic E-state index is 0.0685. The number of hydrogen-bond donors (Lipinski definition) is 1. The molecule has 2 rings (SSSR count). The first-order valence-electron chi connectivity index (χ1n) is 4.96. The van der Waals surface area contributed by atoms with Gasteiger partial charge in [-0.3, -0.25) is 9.40 Å². The van der Waals surface area contributed by atoms with Crippen LogP contribution in [0, 0.1) is 3.57 Å². The summed E-state index contributed by atoms with van der Waals surface area (Å²) >= 11 is 13.7. The second-order valence-electron chi connectivity index (χ2n) is 3.65. The number of nitrogens with zero attached hydrogens (tertiary/aromatic N) is 2. The third kappa shape index (κ3) is 3.15. The van der Waals surface area contributed by atoms with Crippen LogP contribution in [0.2, 0.25) is 10.0 Å². The molecule has 0 aliphatic rings. The van der Waals surface area contributed by atoms with Gasteiger partial charge in [0, 0.05) is 15.6 Å². The van der Waals surface area contributed by atoms with Crippen molar-refractivity contribution >= 4 is 61.5 Å². The van der Waals surface area contributed by atoms with Gasteiger partial charge >= 0.3 is 0 Å². The van der Waals surface area contributed by atoms with Gasteiger partial charge in [0.1, 0.15) is 0 Å². The van der Waals surface area contributed by atoms with E-state index in [2.05, 4.69) is 9.82 Å². The zero-order valence-electron chi connectivity index (χ0n) is 9.56. The Morgan fingerprint density at radius 3 is 2.58 bits per heavy atom. The Balaban J connectivity index is 2.42. The molecule has 0 radical (unpaired) electrons. The number of anilines is 1. The van der Waals surface area contributed by atoms with Crippen molar-refractivity contribution in [2.24, 2.45) is 7.05 Å². The molecule has 0 spiro atoms. The van der Waals surface area contributed by atoms with Gasteiger partial charge in [-0.15, -0.1) is 0 Å². The van der Waals surface area contributed by atoms with Crippen LogP contribution in [0.1, 0.15) is 0 Å². The van der Waals surface area contributed by atoms with Crippen molar-refractivity contribution in [3.63, 3.8) is 0 Å². The van der Waals surface area contributed by atoms with Gasteiger partial charge in [-0.05, 0) is 40.8 Å². The van der Waals surface area contributed by atoms with E-state index < -0.39 is 10.0 Å². The summed E-state index contributed by atoms with van der Waals surface area (Å²) in [5, 5.41) is 4.32. The van der Waals surface area contributed by atoms with E-state index in [-0.39, 0.29) is 10.0 Å². The molecule has 0 aliphatic carbocycles. The number of halogens is 3. The third-order valence-corrected chi connectivity index (χ3v) is 5.27. The maximum Gasteiger partial charge on any atom is 0.280 e. The highest BCUT2D eigenvalue weighted by Crippen LogP contribution is 2.27. The fourth-order valence-corrected chi connectivity index (χ4v) is 4.40. The summed E-state index contributed by atoms with van der Waals surface area (Å²) in [5.74, 6) is 0. The molecule has 9 heteroatoms. The molecule has 0 aliphatic heterocycles. The number of nitrogens with one attached hydrogen (secondary N) is 1. The van der Waals surface area contributed by atoms with Gasteiger partial charge in [0.05, 0.1) is 16.9 Å². The summed E-state index contributed by atoms with van der Waals surface area (Å²) in [6.45, 7) is 0. The Hall–Kier alpha value is -0.510. The van der Waals surface area contributed by atoms with Gasteiger partial charge in [0.2, 0.25) is 0 Å². The fourth-order valence-electron chi connectivity index (χ4n) is 1.47. The first-order valence-corrected chi connectivity index (χ1v) is 8.28. The van der Waals surface area contributed by atoms with Crippen LogP contribution in [0.4, 0.5) is 5.69 Å². The number of hydrogen-bond acceptors (Lipinski definition) is 3. The van der Waals surface area contributed by atoms with Gasteiger partial charge in [-0.1, -0.05) is 23.2 Å². The van der Waals surface area contributed by atoms with Crippen molar-refractivity contribution in [1.29, 1.82) is 0 Å². The van der Waals surface area contributed by atoms with E-state index in [0.717, 1.165) is 0 Å². The van der Waals surface area contributed by atoms with Gasteiger partial charge in [-0.2, -0.15) is 13.5 Å². The third-order valence-electron chi connectivity index (χ3n) is 2.27. The molecule has 0 amide bonds. The molecule has 0 fully saturated rings. The quantitative estimate of drug-likeness (QED) is 0.759. The number of rotatable bonds is 3. The molecule has 1 N–H and O–H groups in total. The van der Waals surface area contributed by atoms with E-state index in [1.54, 1.807) is 18.2 Å². The molecule has 2 aromatic rings. The van der Waals surface area contributed by atoms with Crippen LogP contribution >= 0.6 is 45.8 Å². The normalized spacial score (nSPS) is 11.6. The highest BCUT2D eigenvalue weighted by Gasteiger charge is 2.23. The van der Waals surface area contributed by atoms with Crippen molar-refractivity contribution < 1.29 is 8.42 Å². The number of aryl methyl sites for hydroxylation is 1. The number of sulfonamides is 1. The van der Waals surface area contributed by atoms with Crippen LogP contribution in [0.25, 0.3) is 0 Å². The average Bonchev–Trinajstić information content (AvgIpc) is 2.63. The van der Waals surface area contributed by atoms with Crippen LogP contribution in [0.3, 0.4) is 0 Å². The number of aromatic nitrogens is 2. The molecule has 0 unspecified atom stereocenters. The standard InChI is InChI=1S/C10H8Cl2IN3O2S/c1-16-10(7(12)5-14-16)19(17,18)15-9-3-2-6(11)4-8(9)13/h2-5,15H,1H3. The van der Waals surface area contributed by atoms with E-state index in [1.165, 1.54) is 17.9 Å². The summed E-state index contributed by atoms with van der Waals surface area (Å²) < 4.78 is 28.8. The van der Waals surface area contributed by atoms with E-state index in [0.29, 0.717) is 14.3 Å². The average molecular weight is 432 g/mol. The first kappa shape index (κ1) is 14.9. The van der Waals surface area contributed by atoms with E-state index in [4.69, 9.17) is 23.2 Å². The maximum atomic E-state index is 12.2. The zero-order valence-corrected chi connectivity index (χ0v) is 14.0. The summed E-state index contributed by atoms with van der Waals surface area (Å²) in [4.78, 5) is 0. The molecular formula is C10H8Cl2IN3O2S. The summed E-state index contributed by atoms with van der Waals surface area (Å²) in [6, 6.07) is 4.85. The van der Waals surface area contributed by atoms with Crippen LogP contribution in [-0.4, -0.2) is 18.2 Å². The predicted molar refractivity (Wildman–Crippen MR) is 83.2 cm³/mol. The van der Waals surface area contributed by atoms with Gasteiger partial charge in [0.15, 0.2) is 5.03 Å². The zero-order chi connectivity index (χ0) is 14.2. The van der Waals surface area contributed by atoms with Crippen LogP contribution < -0.4 is 4.72 Å². The Bertz CT molecular complexity index is 711. The monoisotopic (exact) mass is 431 g/mol. The lowest BCUT2D eigenvalue weighted by Crippen LogP contribution is -2.17. The lowest BCUT2D eigenvalue weighted by molar-refractivity contribution is 0.582. The van der Waals surface area contributed by atoms with Crippen molar-refractivity contribution in [3.8, 4) is 0 Å². The molecule has 0 saturated carbocycles. The maximum absolute atomic E-state index is 12.2. The van der Waals surface area contributed by atoms with Crippen molar-refractivity contribution in [2.75, 3.05) is 4.72 Å². The summed E-state index contributed by atoms with van der Waals surface area (Å²) in [6.07, 6.45) is 1.28. The van der Waals surface area contributed by atoms with E-state index in [1.807, 2.05) is 22.6 Å². The topological polar surface area (TPSA) is 64.0 Å². The lowest BCUT2D eigenvalue weighted by atomic mass is 10.3. The second-order valence-corrected chi connectivity index (χ2v) is 7.25. The molecule has 0 bridgehead atoms. The molecule has 1 heterocycles. The molecule has 19 heavy (non-hydrogen) atoms. The molecule has 1 aromatic heterocycles. The molecule has 0 atom stereocenters. The molecule has 0 saturated heterocycles. The smallest absolute Gasteiger partial charge is 0.277 e. The highest BCUT2D eigenvalue weighted by molar-refractivity contribution is 14.1. The van der Waals surface area contributed by atoms with Gasteiger partial charge < -0.3 is 0 Å². The van der Waals surface area contributed by atoms with Crippen LogP contribution in [0.5, 0.6) is 0 Å². The summed E-state index contributed by atoms with van der Waals surface area (Å²) in [5.41, 5.74) is 0.433. The minimum atomic E-state index is -3.80. The van der Waals surface area contributed by atoms with Gasteiger partial charge in [-0.25, -0.2) is 0 Å². The largest absolute Gasteiger partial charge is 0.280 e. The first-order chi connectivity index (χ1) is 8.81. The Labute approximate surface area is 134 Å². The lowest BCUT2D eigenvalue weighted by Gasteiger charge is -2.10. The van der Waals surface area contributed by atoms with Gasteiger partial charge in [0.25, 0.3) is 10.0 Å². The summed E-state index contributed by atoms with van der Waals surface area (Å²) in [7, 11) is -2.29. The Morgan fingerprint density at radius 2 is 2.05 bits per heavy atom. The molecule has 5 nitrogen and oxygen atoms in total. The van der Waals surface area contributed by atoms with Crippen molar-refractivity contribution in [2.45, 2.75) is 5.03 Å². The predicted octanol–water partition coefficient (Wildman–Crippen LogP) is 3.13. The minimum Gasteiger partial charge on any atom is -0.277 e. The van der Waals surface area contributed by atoms with Crippen molar-refractivity contribution in [3.05, 3.63) is 38.0 Å². The van der Waals surface area contributed by atoms with Crippen LogP contribution in [0.15, 0.2) is 29.4 Å². The molecular weight excluding hydrogens is 424 g/mol. The van der Waals surface area contributed by atoms with E-state index >= 15 is 0 Å². The molecule has 102 valence electrons. The van der Waals surface area contributed by atoms with E-state index in [9.17, 15) is 8.42 Å². The Morgan fingerprint density at radius 1 is 1.37 bits per heavy atom.